The van der Waals surface area contributed by atoms with Crippen LogP contribution in [0.25, 0.3) is 0 Å². The number of aromatic nitrogens is 2. The second-order valence-electron chi connectivity index (χ2n) is 3.40. The molecule has 0 amide bonds. The monoisotopic (exact) mass is 239 g/mol. The Morgan fingerprint density at radius 1 is 1.50 bits per heavy atom. The van der Waals surface area contributed by atoms with Crippen molar-refractivity contribution < 1.29 is 4.42 Å². The summed E-state index contributed by atoms with van der Waals surface area (Å²) in [6.07, 6.45) is 1.67. The van der Waals surface area contributed by atoms with Crippen molar-refractivity contribution >= 4 is 16.5 Å². The number of hydrogen-bond donors (Lipinski definition) is 2. The van der Waals surface area contributed by atoms with Gasteiger partial charge in [0.05, 0.1) is 19.4 Å². The van der Waals surface area contributed by atoms with Crippen molar-refractivity contribution in [2.75, 3.05) is 12.5 Å². The lowest BCUT2D eigenvalue weighted by Gasteiger charge is -2.12. The number of nitrogens with one attached hydrogen (secondary N) is 1. The second-order valence-corrected chi connectivity index (χ2v) is 4.46. The number of nitrogens with zero attached hydrogens (tertiary/aromatic N) is 3. The van der Waals surface area contributed by atoms with Crippen LogP contribution in [0.3, 0.4) is 0 Å². The lowest BCUT2D eigenvalue weighted by atomic mass is 10.4. The predicted molar refractivity (Wildman–Crippen MR) is 61.6 cm³/mol. The van der Waals surface area contributed by atoms with E-state index in [4.69, 9.17) is 10.3 Å². The van der Waals surface area contributed by atoms with E-state index < -0.39 is 0 Å². The molecule has 0 saturated heterocycles. The Kier molecular flexibility index (Phi) is 3.50. The van der Waals surface area contributed by atoms with Gasteiger partial charge in [-0.1, -0.05) is 11.3 Å². The number of hydrazine groups is 1. The van der Waals surface area contributed by atoms with Gasteiger partial charge in [-0.2, -0.15) is 0 Å². The Balaban J connectivity index is 1.89. The third kappa shape index (κ3) is 2.78. The average molecular weight is 239 g/mol. The second kappa shape index (κ2) is 5.06. The maximum absolute atomic E-state index is 5.26. The number of hydrogen-bond acceptors (Lipinski definition) is 7. The normalized spacial score (nSPS) is 10.9. The molecule has 2 rings (SSSR count). The Bertz CT molecular complexity index is 427. The first kappa shape index (κ1) is 11.1. The van der Waals surface area contributed by atoms with Crippen LogP contribution >= 0.6 is 11.3 Å². The Morgan fingerprint density at radius 3 is 3.00 bits per heavy atom. The van der Waals surface area contributed by atoms with Gasteiger partial charge >= 0.3 is 0 Å². The minimum absolute atomic E-state index is 0.626. The van der Waals surface area contributed by atoms with Crippen molar-refractivity contribution in [3.05, 3.63) is 29.2 Å². The van der Waals surface area contributed by atoms with Crippen LogP contribution in [0.15, 0.2) is 22.8 Å². The zero-order valence-corrected chi connectivity index (χ0v) is 9.70. The van der Waals surface area contributed by atoms with E-state index in [1.54, 1.807) is 6.26 Å². The zero-order chi connectivity index (χ0) is 11.4. The van der Waals surface area contributed by atoms with Crippen LogP contribution in [0.5, 0.6) is 0 Å². The molecule has 16 heavy (non-hydrogen) atoms. The van der Waals surface area contributed by atoms with Crippen LogP contribution in [0.1, 0.15) is 10.8 Å². The van der Waals surface area contributed by atoms with E-state index in [9.17, 15) is 0 Å². The molecule has 0 spiro atoms. The summed E-state index contributed by atoms with van der Waals surface area (Å²) in [6.45, 7) is 1.47. The molecule has 0 aliphatic heterocycles. The van der Waals surface area contributed by atoms with E-state index in [1.807, 2.05) is 19.2 Å². The van der Waals surface area contributed by atoms with E-state index in [2.05, 4.69) is 20.5 Å². The fraction of sp³-hybridized carbons (Fsp3) is 0.333. The molecule has 0 aliphatic carbocycles. The summed E-state index contributed by atoms with van der Waals surface area (Å²) in [5.74, 6) is 6.17. The van der Waals surface area contributed by atoms with Crippen LogP contribution in [-0.2, 0) is 13.1 Å². The van der Waals surface area contributed by atoms with E-state index in [1.165, 1.54) is 11.3 Å². The van der Waals surface area contributed by atoms with E-state index >= 15 is 0 Å². The Morgan fingerprint density at radius 2 is 2.38 bits per heavy atom. The number of nitrogen functional groups attached to an aromatic ring is 1. The average Bonchev–Trinajstić information content (AvgIpc) is 2.89. The third-order valence-electron chi connectivity index (χ3n) is 2.00. The van der Waals surface area contributed by atoms with Gasteiger partial charge in [-0.15, -0.1) is 10.2 Å². The minimum Gasteiger partial charge on any atom is -0.468 e. The van der Waals surface area contributed by atoms with Gasteiger partial charge in [-0.25, -0.2) is 5.84 Å². The van der Waals surface area contributed by atoms with Crippen molar-refractivity contribution in [3.8, 4) is 0 Å². The van der Waals surface area contributed by atoms with Crippen LogP contribution in [-0.4, -0.2) is 22.1 Å². The summed E-state index contributed by atoms with van der Waals surface area (Å²) in [6, 6.07) is 3.83. The molecule has 0 saturated carbocycles. The first-order valence-electron chi connectivity index (χ1n) is 4.78. The largest absolute Gasteiger partial charge is 0.468 e. The third-order valence-corrected chi connectivity index (χ3v) is 2.84. The summed E-state index contributed by atoms with van der Waals surface area (Å²) < 4.78 is 5.26. The standard InChI is InChI=1S/C9H13N5OS/c1-14(5-7-3-2-4-15-7)6-8-12-13-9(11-10)16-8/h2-4H,5-6,10H2,1H3,(H,11,13). The fourth-order valence-electron chi connectivity index (χ4n) is 1.33. The summed E-state index contributed by atoms with van der Waals surface area (Å²) in [4.78, 5) is 2.10. The van der Waals surface area contributed by atoms with Crippen LogP contribution in [0.4, 0.5) is 5.13 Å². The molecule has 0 unspecified atom stereocenters. The molecule has 0 radical (unpaired) electrons. The van der Waals surface area contributed by atoms with Gasteiger partial charge in [0, 0.05) is 0 Å². The van der Waals surface area contributed by atoms with Crippen LogP contribution < -0.4 is 11.3 Å². The molecule has 2 aromatic heterocycles. The predicted octanol–water partition coefficient (Wildman–Crippen LogP) is 1.05. The smallest absolute Gasteiger partial charge is 0.219 e. The maximum atomic E-state index is 5.26. The lowest BCUT2D eigenvalue weighted by Crippen LogP contribution is -2.16. The Hall–Kier alpha value is -1.44. The topological polar surface area (TPSA) is 80.2 Å². The number of anilines is 1. The van der Waals surface area contributed by atoms with Gasteiger partial charge in [0.1, 0.15) is 10.8 Å². The van der Waals surface area contributed by atoms with Gasteiger partial charge in [-0.05, 0) is 19.2 Å². The molecule has 0 aromatic carbocycles. The van der Waals surface area contributed by atoms with Gasteiger partial charge in [0.15, 0.2) is 0 Å². The SMILES string of the molecule is CN(Cc1ccco1)Cc1nnc(NN)s1. The maximum Gasteiger partial charge on any atom is 0.219 e. The summed E-state index contributed by atoms with van der Waals surface area (Å²) >= 11 is 1.44. The molecular formula is C9H13N5OS. The van der Waals surface area contributed by atoms with Crippen molar-refractivity contribution in [2.45, 2.75) is 13.1 Å². The van der Waals surface area contributed by atoms with Crippen molar-refractivity contribution in [1.29, 1.82) is 0 Å². The summed E-state index contributed by atoms with van der Waals surface area (Å²) in [5, 5.41) is 9.42. The summed E-state index contributed by atoms with van der Waals surface area (Å²) in [5.41, 5.74) is 2.47. The van der Waals surface area contributed by atoms with Gasteiger partial charge < -0.3 is 4.42 Å². The van der Waals surface area contributed by atoms with Crippen molar-refractivity contribution in [2.24, 2.45) is 5.84 Å². The van der Waals surface area contributed by atoms with E-state index in [0.717, 1.165) is 23.9 Å². The van der Waals surface area contributed by atoms with Crippen molar-refractivity contribution in [1.82, 2.24) is 15.1 Å². The lowest BCUT2D eigenvalue weighted by molar-refractivity contribution is 0.287. The molecule has 2 aromatic rings. The Labute approximate surface area is 97.0 Å². The van der Waals surface area contributed by atoms with Crippen LogP contribution in [0.2, 0.25) is 0 Å². The quantitative estimate of drug-likeness (QED) is 0.599. The van der Waals surface area contributed by atoms with Crippen molar-refractivity contribution in [3.63, 3.8) is 0 Å². The molecule has 0 aliphatic rings. The highest BCUT2D eigenvalue weighted by Gasteiger charge is 2.07. The summed E-state index contributed by atoms with van der Waals surface area (Å²) in [7, 11) is 2.00. The highest BCUT2D eigenvalue weighted by molar-refractivity contribution is 7.15. The molecular weight excluding hydrogens is 226 g/mol. The highest BCUT2D eigenvalue weighted by Crippen LogP contribution is 2.16. The van der Waals surface area contributed by atoms with Gasteiger partial charge in [0.25, 0.3) is 0 Å². The van der Waals surface area contributed by atoms with E-state index in [0.29, 0.717) is 5.13 Å². The molecule has 3 N–H and O–H groups in total. The number of furan rings is 1. The number of nitrogens with two attached hydrogens (primary N) is 1. The van der Waals surface area contributed by atoms with Gasteiger partial charge in [0.2, 0.25) is 5.13 Å². The molecule has 0 bridgehead atoms. The molecule has 6 nitrogen and oxygen atoms in total. The fourth-order valence-corrected chi connectivity index (χ4v) is 2.06. The highest BCUT2D eigenvalue weighted by atomic mass is 32.1. The molecule has 7 heteroatoms. The number of rotatable bonds is 5. The molecule has 2 heterocycles. The minimum atomic E-state index is 0.626. The molecule has 86 valence electrons. The zero-order valence-electron chi connectivity index (χ0n) is 8.88. The molecule has 0 atom stereocenters. The first-order valence-corrected chi connectivity index (χ1v) is 5.59. The van der Waals surface area contributed by atoms with Gasteiger partial charge in [-0.3, -0.25) is 10.3 Å². The van der Waals surface area contributed by atoms with Crippen LogP contribution in [0, 0.1) is 0 Å². The molecule has 0 fully saturated rings. The van der Waals surface area contributed by atoms with E-state index in [-0.39, 0.29) is 0 Å². The first-order chi connectivity index (χ1) is 7.78.